The molecule has 19 heavy (non-hydrogen) atoms. The van der Waals surface area contributed by atoms with E-state index in [1.165, 1.54) is 16.7 Å². The van der Waals surface area contributed by atoms with Gasteiger partial charge in [-0.1, -0.05) is 47.5 Å². The van der Waals surface area contributed by atoms with Gasteiger partial charge in [-0.05, 0) is 38.6 Å². The van der Waals surface area contributed by atoms with E-state index in [1.807, 2.05) is 19.2 Å². The minimum atomic E-state index is 0.210. The van der Waals surface area contributed by atoms with Crippen LogP contribution in [0.25, 0.3) is 0 Å². The fourth-order valence-corrected chi connectivity index (χ4v) is 1.96. The molecule has 0 aliphatic heterocycles. The second-order valence-electron chi connectivity index (χ2n) is 4.88. The van der Waals surface area contributed by atoms with Crippen molar-refractivity contribution in [3.8, 4) is 5.75 Å². The van der Waals surface area contributed by atoms with E-state index in [0.717, 1.165) is 5.75 Å². The van der Waals surface area contributed by atoms with E-state index in [9.17, 15) is 0 Å². The number of benzene rings is 2. The number of aryl methyl sites for hydroxylation is 2. The molecule has 0 saturated heterocycles. The molecule has 0 saturated carbocycles. The summed E-state index contributed by atoms with van der Waals surface area (Å²) in [7, 11) is 1.96. The summed E-state index contributed by atoms with van der Waals surface area (Å²) in [6.45, 7) is 4.80. The van der Waals surface area contributed by atoms with Gasteiger partial charge in [0.2, 0.25) is 0 Å². The molecular formula is C17H21NO. The van der Waals surface area contributed by atoms with E-state index in [0.29, 0.717) is 6.61 Å². The molecule has 2 heteroatoms. The van der Waals surface area contributed by atoms with Gasteiger partial charge in [0.05, 0.1) is 6.04 Å². The molecule has 2 nitrogen and oxygen atoms in total. The van der Waals surface area contributed by atoms with Gasteiger partial charge in [0.25, 0.3) is 0 Å². The zero-order chi connectivity index (χ0) is 13.7. The molecule has 0 aromatic heterocycles. The van der Waals surface area contributed by atoms with Crippen LogP contribution in [0.5, 0.6) is 5.75 Å². The first kappa shape index (κ1) is 13.6. The van der Waals surface area contributed by atoms with Crippen molar-refractivity contribution in [1.82, 2.24) is 5.32 Å². The third-order valence-corrected chi connectivity index (χ3v) is 3.27. The molecule has 1 unspecified atom stereocenters. The fourth-order valence-electron chi connectivity index (χ4n) is 1.96. The van der Waals surface area contributed by atoms with Crippen LogP contribution in [0.2, 0.25) is 0 Å². The van der Waals surface area contributed by atoms with Crippen molar-refractivity contribution in [3.63, 3.8) is 0 Å². The average molecular weight is 255 g/mol. The van der Waals surface area contributed by atoms with Gasteiger partial charge < -0.3 is 10.1 Å². The molecule has 1 atom stereocenters. The van der Waals surface area contributed by atoms with Gasteiger partial charge >= 0.3 is 0 Å². The van der Waals surface area contributed by atoms with Gasteiger partial charge in [-0.15, -0.1) is 0 Å². The third-order valence-electron chi connectivity index (χ3n) is 3.27. The van der Waals surface area contributed by atoms with E-state index in [-0.39, 0.29) is 6.04 Å². The van der Waals surface area contributed by atoms with E-state index >= 15 is 0 Å². The Kier molecular flexibility index (Phi) is 4.58. The van der Waals surface area contributed by atoms with Crippen molar-refractivity contribution >= 4 is 0 Å². The number of ether oxygens (including phenoxy) is 1. The lowest BCUT2D eigenvalue weighted by Gasteiger charge is -2.17. The Labute approximate surface area is 115 Å². The minimum absolute atomic E-state index is 0.210. The highest BCUT2D eigenvalue weighted by Crippen LogP contribution is 2.17. The highest BCUT2D eigenvalue weighted by Gasteiger charge is 2.09. The summed E-state index contributed by atoms with van der Waals surface area (Å²) < 4.78 is 5.84. The van der Waals surface area contributed by atoms with Gasteiger partial charge in [0.15, 0.2) is 0 Å². The molecule has 1 N–H and O–H groups in total. The lowest BCUT2D eigenvalue weighted by Crippen LogP contribution is -2.23. The van der Waals surface area contributed by atoms with Crippen LogP contribution in [0.15, 0.2) is 48.5 Å². The Morgan fingerprint density at radius 3 is 1.95 bits per heavy atom. The molecule has 0 spiro atoms. The van der Waals surface area contributed by atoms with Crippen molar-refractivity contribution in [3.05, 3.63) is 65.2 Å². The SMILES string of the molecule is CNC(COc1ccc(C)cc1)c1ccc(C)cc1. The standard InChI is InChI=1S/C17H21NO/c1-13-4-8-15(9-5-13)17(18-3)12-19-16-10-6-14(2)7-11-16/h4-11,17-18H,12H2,1-3H3. The van der Waals surface area contributed by atoms with Crippen LogP contribution in [0, 0.1) is 13.8 Å². The molecule has 0 bridgehead atoms. The molecule has 2 aromatic carbocycles. The Hall–Kier alpha value is -1.80. The summed E-state index contributed by atoms with van der Waals surface area (Å²) in [4.78, 5) is 0. The van der Waals surface area contributed by atoms with Crippen molar-refractivity contribution in [2.75, 3.05) is 13.7 Å². The summed E-state index contributed by atoms with van der Waals surface area (Å²) in [6, 6.07) is 16.9. The van der Waals surface area contributed by atoms with Gasteiger partial charge in [-0.3, -0.25) is 0 Å². The predicted molar refractivity (Wildman–Crippen MR) is 79.7 cm³/mol. The Bertz CT molecular complexity index is 502. The molecular weight excluding hydrogens is 234 g/mol. The van der Waals surface area contributed by atoms with E-state index in [1.54, 1.807) is 0 Å². The fraction of sp³-hybridized carbons (Fsp3) is 0.294. The normalized spacial score (nSPS) is 12.2. The smallest absolute Gasteiger partial charge is 0.119 e. The maximum Gasteiger partial charge on any atom is 0.119 e. The zero-order valence-corrected chi connectivity index (χ0v) is 11.8. The monoisotopic (exact) mass is 255 g/mol. The predicted octanol–water partition coefficient (Wildman–Crippen LogP) is 3.64. The van der Waals surface area contributed by atoms with Crippen molar-refractivity contribution in [2.45, 2.75) is 19.9 Å². The maximum atomic E-state index is 5.84. The molecule has 0 amide bonds. The van der Waals surface area contributed by atoms with Crippen LogP contribution in [0.4, 0.5) is 0 Å². The Morgan fingerprint density at radius 1 is 0.895 bits per heavy atom. The second kappa shape index (κ2) is 6.39. The molecule has 0 fully saturated rings. The number of nitrogens with one attached hydrogen (secondary N) is 1. The zero-order valence-electron chi connectivity index (χ0n) is 11.8. The summed E-state index contributed by atoms with van der Waals surface area (Å²) in [5.41, 5.74) is 3.77. The van der Waals surface area contributed by atoms with Crippen LogP contribution in [0.3, 0.4) is 0 Å². The number of hydrogen-bond donors (Lipinski definition) is 1. The Balaban J connectivity index is 1.99. The molecule has 2 aromatic rings. The Morgan fingerprint density at radius 2 is 1.42 bits per heavy atom. The van der Waals surface area contributed by atoms with Crippen molar-refractivity contribution < 1.29 is 4.74 Å². The molecule has 0 radical (unpaired) electrons. The summed E-state index contributed by atoms with van der Waals surface area (Å²) >= 11 is 0. The minimum Gasteiger partial charge on any atom is -0.492 e. The topological polar surface area (TPSA) is 21.3 Å². The highest BCUT2D eigenvalue weighted by atomic mass is 16.5. The largest absolute Gasteiger partial charge is 0.492 e. The average Bonchev–Trinajstić information content (AvgIpc) is 2.43. The van der Waals surface area contributed by atoms with Crippen molar-refractivity contribution in [2.24, 2.45) is 0 Å². The van der Waals surface area contributed by atoms with E-state index in [4.69, 9.17) is 4.74 Å². The number of likely N-dealkylation sites (N-methyl/N-ethyl adjacent to an activating group) is 1. The second-order valence-corrected chi connectivity index (χ2v) is 4.88. The first-order chi connectivity index (χ1) is 9.19. The number of rotatable bonds is 5. The van der Waals surface area contributed by atoms with Gasteiger partial charge in [0, 0.05) is 0 Å². The summed E-state index contributed by atoms with van der Waals surface area (Å²) in [6.07, 6.45) is 0. The molecule has 0 heterocycles. The van der Waals surface area contributed by atoms with Crippen LogP contribution in [-0.4, -0.2) is 13.7 Å². The third kappa shape index (κ3) is 3.83. The van der Waals surface area contributed by atoms with Crippen LogP contribution >= 0.6 is 0 Å². The molecule has 0 aliphatic rings. The molecule has 2 rings (SSSR count). The first-order valence-corrected chi connectivity index (χ1v) is 6.62. The maximum absolute atomic E-state index is 5.84. The number of hydrogen-bond acceptors (Lipinski definition) is 2. The van der Waals surface area contributed by atoms with Crippen LogP contribution in [-0.2, 0) is 0 Å². The van der Waals surface area contributed by atoms with Crippen LogP contribution in [0.1, 0.15) is 22.7 Å². The van der Waals surface area contributed by atoms with Gasteiger partial charge in [-0.25, -0.2) is 0 Å². The molecule has 0 aliphatic carbocycles. The van der Waals surface area contributed by atoms with E-state index in [2.05, 4.69) is 55.6 Å². The highest BCUT2D eigenvalue weighted by molar-refractivity contribution is 5.27. The van der Waals surface area contributed by atoms with E-state index < -0.39 is 0 Å². The van der Waals surface area contributed by atoms with Crippen molar-refractivity contribution in [1.29, 1.82) is 0 Å². The quantitative estimate of drug-likeness (QED) is 0.880. The van der Waals surface area contributed by atoms with Crippen LogP contribution < -0.4 is 10.1 Å². The van der Waals surface area contributed by atoms with Gasteiger partial charge in [-0.2, -0.15) is 0 Å². The lowest BCUT2D eigenvalue weighted by atomic mass is 10.1. The first-order valence-electron chi connectivity index (χ1n) is 6.62. The summed E-state index contributed by atoms with van der Waals surface area (Å²) in [5.74, 6) is 0.915. The molecule has 100 valence electrons. The lowest BCUT2D eigenvalue weighted by molar-refractivity contribution is 0.273. The summed E-state index contributed by atoms with van der Waals surface area (Å²) in [5, 5.41) is 3.29. The van der Waals surface area contributed by atoms with Gasteiger partial charge in [0.1, 0.15) is 12.4 Å².